The summed E-state index contributed by atoms with van der Waals surface area (Å²) < 4.78 is 5.29. The van der Waals surface area contributed by atoms with Gasteiger partial charge in [-0.05, 0) is 42.0 Å². The number of allylic oxidation sites excluding steroid dienone is 2. The molecule has 3 heterocycles. The van der Waals surface area contributed by atoms with Crippen molar-refractivity contribution < 1.29 is 4.74 Å². The lowest BCUT2D eigenvalue weighted by Gasteiger charge is -2.27. The van der Waals surface area contributed by atoms with Crippen LogP contribution in [0.1, 0.15) is 11.4 Å². The summed E-state index contributed by atoms with van der Waals surface area (Å²) in [6.45, 7) is 0.737. The number of nitrogens with zero attached hydrogens (tertiary/aromatic N) is 3. The van der Waals surface area contributed by atoms with Crippen LogP contribution >= 0.6 is 0 Å². The summed E-state index contributed by atoms with van der Waals surface area (Å²) in [6, 6.07) is 22.1. The Bertz CT molecular complexity index is 949. The van der Waals surface area contributed by atoms with Gasteiger partial charge in [-0.25, -0.2) is 4.98 Å². The summed E-state index contributed by atoms with van der Waals surface area (Å²) in [5.74, 6) is 0.614. The number of rotatable bonds is 4. The van der Waals surface area contributed by atoms with Crippen molar-refractivity contribution in [2.75, 3.05) is 18.6 Å². The molecule has 0 spiro atoms. The lowest BCUT2D eigenvalue weighted by atomic mass is 10.0. The molecule has 0 atom stereocenters. The van der Waals surface area contributed by atoms with Gasteiger partial charge in [-0.3, -0.25) is 4.98 Å². The highest BCUT2D eigenvalue weighted by Crippen LogP contribution is 2.30. The fourth-order valence-corrected chi connectivity index (χ4v) is 2.99. The molecule has 0 radical (unpaired) electrons. The van der Waals surface area contributed by atoms with Gasteiger partial charge in [0.25, 0.3) is 0 Å². The molecule has 1 aliphatic rings. The molecule has 0 N–H and O–H groups in total. The van der Waals surface area contributed by atoms with E-state index in [0.717, 1.165) is 34.8 Å². The Balaban J connectivity index is 1.78. The molecule has 4 heteroatoms. The molecule has 2 aromatic heterocycles. The maximum atomic E-state index is 5.29. The van der Waals surface area contributed by atoms with Crippen LogP contribution in [0.3, 0.4) is 0 Å². The van der Waals surface area contributed by atoms with E-state index in [1.165, 1.54) is 0 Å². The lowest BCUT2D eigenvalue weighted by Crippen LogP contribution is -2.22. The van der Waals surface area contributed by atoms with Crippen LogP contribution < -0.4 is 9.64 Å². The SMILES string of the molecule is COc1cccc(C2=CC(c3ccccn3)=CN(c3ccccc3)C2)n1. The third-order valence-electron chi connectivity index (χ3n) is 4.28. The van der Waals surface area contributed by atoms with E-state index in [1.807, 2.05) is 60.8 Å². The van der Waals surface area contributed by atoms with Crippen molar-refractivity contribution in [2.24, 2.45) is 0 Å². The van der Waals surface area contributed by atoms with E-state index in [2.05, 4.69) is 39.3 Å². The Kier molecular flexibility index (Phi) is 4.48. The standard InChI is InChI=1S/C22H19N3O/c1-26-22-12-7-11-21(24-22)18-14-17(20-10-5-6-13-23-20)15-25(16-18)19-8-3-2-4-9-19/h2-15H,16H2,1H3. The summed E-state index contributed by atoms with van der Waals surface area (Å²) in [5.41, 5.74) is 5.16. The summed E-state index contributed by atoms with van der Waals surface area (Å²) in [6.07, 6.45) is 6.11. The number of para-hydroxylation sites is 1. The molecular formula is C22H19N3O. The number of pyridine rings is 2. The first kappa shape index (κ1) is 16.1. The van der Waals surface area contributed by atoms with Gasteiger partial charge in [0.15, 0.2) is 0 Å². The van der Waals surface area contributed by atoms with Gasteiger partial charge in [0, 0.05) is 36.3 Å². The first-order valence-electron chi connectivity index (χ1n) is 8.50. The minimum Gasteiger partial charge on any atom is -0.481 e. The summed E-state index contributed by atoms with van der Waals surface area (Å²) in [7, 11) is 1.64. The van der Waals surface area contributed by atoms with E-state index in [9.17, 15) is 0 Å². The maximum Gasteiger partial charge on any atom is 0.213 e. The average molecular weight is 341 g/mol. The van der Waals surface area contributed by atoms with Crippen molar-refractivity contribution in [3.63, 3.8) is 0 Å². The summed E-state index contributed by atoms with van der Waals surface area (Å²) in [4.78, 5) is 11.3. The van der Waals surface area contributed by atoms with Crippen LogP contribution in [0.5, 0.6) is 5.88 Å². The largest absolute Gasteiger partial charge is 0.481 e. The second-order valence-corrected chi connectivity index (χ2v) is 6.00. The Hall–Kier alpha value is -3.40. The molecule has 1 aromatic carbocycles. The number of aromatic nitrogens is 2. The van der Waals surface area contributed by atoms with Crippen LogP contribution in [0.2, 0.25) is 0 Å². The molecule has 0 bridgehead atoms. The Morgan fingerprint density at radius 3 is 2.46 bits per heavy atom. The number of ether oxygens (including phenoxy) is 1. The molecule has 3 aromatic rings. The molecule has 0 saturated heterocycles. The van der Waals surface area contributed by atoms with Gasteiger partial charge in [-0.2, -0.15) is 0 Å². The second kappa shape index (κ2) is 7.23. The third-order valence-corrected chi connectivity index (χ3v) is 4.28. The molecular weight excluding hydrogens is 322 g/mol. The highest BCUT2D eigenvalue weighted by molar-refractivity contribution is 5.88. The minimum atomic E-state index is 0.614. The molecule has 0 fully saturated rings. The van der Waals surface area contributed by atoms with Gasteiger partial charge in [0.2, 0.25) is 5.88 Å². The number of hydrogen-bond donors (Lipinski definition) is 0. The topological polar surface area (TPSA) is 38.2 Å². The van der Waals surface area contributed by atoms with E-state index >= 15 is 0 Å². The van der Waals surface area contributed by atoms with Crippen molar-refractivity contribution in [3.8, 4) is 5.88 Å². The maximum absolute atomic E-state index is 5.29. The van der Waals surface area contributed by atoms with Crippen LogP contribution in [0.15, 0.2) is 85.2 Å². The van der Waals surface area contributed by atoms with E-state index in [1.54, 1.807) is 7.11 Å². The zero-order valence-corrected chi connectivity index (χ0v) is 14.5. The molecule has 1 aliphatic heterocycles. The highest BCUT2D eigenvalue weighted by Gasteiger charge is 2.17. The molecule has 128 valence electrons. The first-order chi connectivity index (χ1) is 12.8. The number of methoxy groups -OCH3 is 1. The highest BCUT2D eigenvalue weighted by atomic mass is 16.5. The smallest absolute Gasteiger partial charge is 0.213 e. The van der Waals surface area contributed by atoms with E-state index in [-0.39, 0.29) is 0 Å². The monoisotopic (exact) mass is 341 g/mol. The van der Waals surface area contributed by atoms with Gasteiger partial charge in [-0.1, -0.05) is 30.3 Å². The van der Waals surface area contributed by atoms with Crippen LogP contribution in [-0.2, 0) is 0 Å². The second-order valence-electron chi connectivity index (χ2n) is 6.00. The fraction of sp³-hybridized carbons (Fsp3) is 0.0909. The van der Waals surface area contributed by atoms with Gasteiger partial charge >= 0.3 is 0 Å². The van der Waals surface area contributed by atoms with Crippen LogP contribution in [0.25, 0.3) is 11.1 Å². The van der Waals surface area contributed by atoms with Crippen LogP contribution in [0.4, 0.5) is 5.69 Å². The Labute approximate surface area is 153 Å². The Morgan fingerprint density at radius 2 is 1.69 bits per heavy atom. The van der Waals surface area contributed by atoms with Gasteiger partial charge in [0.05, 0.1) is 18.5 Å². The van der Waals surface area contributed by atoms with Crippen molar-refractivity contribution in [2.45, 2.75) is 0 Å². The van der Waals surface area contributed by atoms with Crippen molar-refractivity contribution in [3.05, 3.63) is 96.6 Å². The van der Waals surface area contributed by atoms with Crippen LogP contribution in [-0.4, -0.2) is 23.6 Å². The molecule has 0 amide bonds. The third kappa shape index (κ3) is 3.35. The zero-order chi connectivity index (χ0) is 17.8. The summed E-state index contributed by atoms with van der Waals surface area (Å²) >= 11 is 0. The molecule has 4 rings (SSSR count). The molecule has 0 unspecified atom stereocenters. The average Bonchev–Trinajstić information content (AvgIpc) is 2.75. The van der Waals surface area contributed by atoms with Gasteiger partial charge in [0.1, 0.15) is 0 Å². The van der Waals surface area contributed by atoms with Crippen molar-refractivity contribution in [1.82, 2.24) is 9.97 Å². The van der Waals surface area contributed by atoms with Gasteiger partial charge in [-0.15, -0.1) is 0 Å². The molecule has 0 saturated carbocycles. The van der Waals surface area contributed by atoms with Gasteiger partial charge < -0.3 is 9.64 Å². The lowest BCUT2D eigenvalue weighted by molar-refractivity contribution is 0.397. The minimum absolute atomic E-state index is 0.614. The molecule has 26 heavy (non-hydrogen) atoms. The molecule has 0 aliphatic carbocycles. The van der Waals surface area contributed by atoms with E-state index < -0.39 is 0 Å². The predicted octanol–water partition coefficient (Wildman–Crippen LogP) is 4.43. The van der Waals surface area contributed by atoms with E-state index in [0.29, 0.717) is 5.88 Å². The predicted molar refractivity (Wildman–Crippen MR) is 105 cm³/mol. The zero-order valence-electron chi connectivity index (χ0n) is 14.5. The Morgan fingerprint density at radius 1 is 0.885 bits per heavy atom. The first-order valence-corrected chi connectivity index (χ1v) is 8.50. The quantitative estimate of drug-likeness (QED) is 0.704. The number of benzene rings is 1. The fourth-order valence-electron chi connectivity index (χ4n) is 2.99. The van der Waals surface area contributed by atoms with Crippen molar-refractivity contribution in [1.29, 1.82) is 0 Å². The van der Waals surface area contributed by atoms with E-state index in [4.69, 9.17) is 4.74 Å². The number of hydrogen-bond acceptors (Lipinski definition) is 4. The number of anilines is 1. The summed E-state index contributed by atoms with van der Waals surface area (Å²) in [5, 5.41) is 0. The van der Waals surface area contributed by atoms with Crippen molar-refractivity contribution >= 4 is 16.8 Å². The normalized spacial score (nSPS) is 13.8. The van der Waals surface area contributed by atoms with Crippen LogP contribution in [0, 0.1) is 0 Å². The molecule has 4 nitrogen and oxygen atoms in total.